The number of carbonyl (C=O) groups is 1. The molecule has 0 aliphatic heterocycles. The molecule has 0 aliphatic carbocycles. The van der Waals surface area contributed by atoms with E-state index in [1.165, 1.54) is 0 Å². The minimum absolute atomic E-state index is 0.445. The van der Waals surface area contributed by atoms with E-state index >= 15 is 0 Å². The Morgan fingerprint density at radius 2 is 2.00 bits per heavy atom. The van der Waals surface area contributed by atoms with Crippen molar-refractivity contribution in [1.82, 2.24) is 9.55 Å². The molecule has 1 amide bonds. The zero-order valence-corrected chi connectivity index (χ0v) is 11.4. The molecule has 3 rings (SSSR count). The number of carbonyl (C=O) groups excluding carboxylic acids is 1. The van der Waals surface area contributed by atoms with Gasteiger partial charge in [-0.05, 0) is 30.3 Å². The third-order valence-electron chi connectivity index (χ3n) is 3.25. The van der Waals surface area contributed by atoms with Crippen LogP contribution in [0.15, 0.2) is 54.9 Å². The number of hydrogen-bond acceptors (Lipinski definition) is 3. The minimum atomic E-state index is -0.445. The highest BCUT2D eigenvalue weighted by Gasteiger charge is 2.06. The standard InChI is InChI=1S/C16H15N3O2/c17-16(20)12-6-7-15-14(10-12)18-11-19(15)8-9-21-13-4-2-1-3-5-13/h1-7,10-11H,8-9H2,(H2,17,20). The lowest BCUT2D eigenvalue weighted by molar-refractivity contribution is 0.100. The minimum Gasteiger partial charge on any atom is -0.492 e. The van der Waals surface area contributed by atoms with Crippen molar-refractivity contribution >= 4 is 16.9 Å². The highest BCUT2D eigenvalue weighted by Crippen LogP contribution is 2.15. The molecule has 0 spiro atoms. The summed E-state index contributed by atoms with van der Waals surface area (Å²) < 4.78 is 7.66. The fraction of sp³-hybridized carbons (Fsp3) is 0.125. The van der Waals surface area contributed by atoms with Gasteiger partial charge in [-0.15, -0.1) is 0 Å². The fourth-order valence-corrected chi connectivity index (χ4v) is 2.17. The van der Waals surface area contributed by atoms with Crippen LogP contribution < -0.4 is 10.5 Å². The van der Waals surface area contributed by atoms with Crippen molar-refractivity contribution in [3.05, 3.63) is 60.4 Å². The van der Waals surface area contributed by atoms with Gasteiger partial charge in [-0.1, -0.05) is 18.2 Å². The smallest absolute Gasteiger partial charge is 0.248 e. The highest BCUT2D eigenvalue weighted by atomic mass is 16.5. The molecule has 2 aromatic carbocycles. The summed E-state index contributed by atoms with van der Waals surface area (Å²) in [6, 6.07) is 14.9. The lowest BCUT2D eigenvalue weighted by atomic mass is 10.2. The lowest BCUT2D eigenvalue weighted by Gasteiger charge is -2.07. The molecule has 21 heavy (non-hydrogen) atoms. The Morgan fingerprint density at radius 1 is 1.19 bits per heavy atom. The second-order valence-electron chi connectivity index (χ2n) is 4.67. The lowest BCUT2D eigenvalue weighted by Crippen LogP contribution is -2.10. The summed E-state index contributed by atoms with van der Waals surface area (Å²) in [6.45, 7) is 1.23. The van der Waals surface area contributed by atoms with E-state index in [0.717, 1.165) is 16.8 Å². The normalized spacial score (nSPS) is 10.7. The van der Waals surface area contributed by atoms with Gasteiger partial charge in [-0.2, -0.15) is 0 Å². The van der Waals surface area contributed by atoms with E-state index in [9.17, 15) is 4.79 Å². The summed E-state index contributed by atoms with van der Waals surface area (Å²) in [5, 5.41) is 0. The molecule has 1 aromatic heterocycles. The van der Waals surface area contributed by atoms with Gasteiger partial charge in [0, 0.05) is 5.56 Å². The van der Waals surface area contributed by atoms with E-state index in [-0.39, 0.29) is 0 Å². The van der Waals surface area contributed by atoms with Crippen LogP contribution in [0.25, 0.3) is 11.0 Å². The number of rotatable bonds is 5. The maximum Gasteiger partial charge on any atom is 0.248 e. The molecule has 106 valence electrons. The average Bonchev–Trinajstić information content (AvgIpc) is 2.91. The van der Waals surface area contributed by atoms with Gasteiger partial charge < -0.3 is 15.0 Å². The maximum atomic E-state index is 11.1. The zero-order valence-electron chi connectivity index (χ0n) is 11.4. The van der Waals surface area contributed by atoms with Crippen LogP contribution in [-0.4, -0.2) is 22.1 Å². The van der Waals surface area contributed by atoms with Crippen molar-refractivity contribution in [2.75, 3.05) is 6.61 Å². The van der Waals surface area contributed by atoms with Crippen LogP contribution in [0, 0.1) is 0 Å². The third kappa shape index (κ3) is 2.86. The Bertz CT molecular complexity index is 766. The summed E-state index contributed by atoms with van der Waals surface area (Å²) in [7, 11) is 0. The number of primary amides is 1. The predicted molar refractivity (Wildman–Crippen MR) is 80.2 cm³/mol. The van der Waals surface area contributed by atoms with E-state index in [1.54, 1.807) is 18.5 Å². The molecule has 0 aliphatic rings. The quantitative estimate of drug-likeness (QED) is 0.779. The highest BCUT2D eigenvalue weighted by molar-refractivity contribution is 5.96. The van der Waals surface area contributed by atoms with Crippen molar-refractivity contribution in [3.63, 3.8) is 0 Å². The van der Waals surface area contributed by atoms with Gasteiger partial charge in [-0.3, -0.25) is 4.79 Å². The molecule has 0 radical (unpaired) electrons. The zero-order chi connectivity index (χ0) is 14.7. The van der Waals surface area contributed by atoms with Gasteiger partial charge in [0.05, 0.1) is 23.9 Å². The fourth-order valence-electron chi connectivity index (χ4n) is 2.17. The molecule has 0 saturated carbocycles. The number of aromatic nitrogens is 2. The van der Waals surface area contributed by atoms with Crippen LogP contribution in [0.5, 0.6) is 5.75 Å². The number of para-hydroxylation sites is 1. The molecule has 2 N–H and O–H groups in total. The predicted octanol–water partition coefficient (Wildman–Crippen LogP) is 2.21. The summed E-state index contributed by atoms with van der Waals surface area (Å²) in [4.78, 5) is 15.4. The van der Waals surface area contributed by atoms with Crippen LogP contribution in [0.2, 0.25) is 0 Å². The number of benzene rings is 2. The van der Waals surface area contributed by atoms with Crippen LogP contribution in [0.3, 0.4) is 0 Å². The Labute approximate surface area is 122 Å². The molecular weight excluding hydrogens is 266 g/mol. The second-order valence-corrected chi connectivity index (χ2v) is 4.67. The molecule has 0 atom stereocenters. The van der Waals surface area contributed by atoms with E-state index < -0.39 is 5.91 Å². The van der Waals surface area contributed by atoms with Crippen molar-refractivity contribution in [1.29, 1.82) is 0 Å². The number of ether oxygens (including phenoxy) is 1. The molecule has 0 saturated heterocycles. The van der Waals surface area contributed by atoms with Gasteiger partial charge in [0.1, 0.15) is 12.4 Å². The SMILES string of the molecule is NC(=O)c1ccc2c(c1)ncn2CCOc1ccccc1. The summed E-state index contributed by atoms with van der Waals surface area (Å²) in [5.41, 5.74) is 7.44. The van der Waals surface area contributed by atoms with Crippen LogP contribution in [0.4, 0.5) is 0 Å². The number of imidazole rings is 1. The monoisotopic (exact) mass is 281 g/mol. The topological polar surface area (TPSA) is 70.1 Å². The van der Waals surface area contributed by atoms with Gasteiger partial charge in [0.25, 0.3) is 0 Å². The number of amides is 1. The van der Waals surface area contributed by atoms with Crippen molar-refractivity contribution in [2.45, 2.75) is 6.54 Å². The van der Waals surface area contributed by atoms with Crippen molar-refractivity contribution < 1.29 is 9.53 Å². The van der Waals surface area contributed by atoms with Gasteiger partial charge in [-0.25, -0.2) is 4.98 Å². The Morgan fingerprint density at radius 3 is 2.76 bits per heavy atom. The van der Waals surface area contributed by atoms with Gasteiger partial charge >= 0.3 is 0 Å². The molecule has 5 heteroatoms. The van der Waals surface area contributed by atoms with Crippen molar-refractivity contribution in [2.24, 2.45) is 5.73 Å². The number of nitrogens with zero attached hydrogens (tertiary/aromatic N) is 2. The molecule has 0 bridgehead atoms. The first-order valence-corrected chi connectivity index (χ1v) is 6.66. The van der Waals surface area contributed by atoms with E-state index in [2.05, 4.69) is 4.98 Å². The van der Waals surface area contributed by atoms with Gasteiger partial charge in [0.15, 0.2) is 0 Å². The number of nitrogens with two attached hydrogens (primary N) is 1. The molecule has 3 aromatic rings. The third-order valence-corrected chi connectivity index (χ3v) is 3.25. The Hall–Kier alpha value is -2.82. The Kier molecular flexibility index (Phi) is 3.55. The first-order chi connectivity index (χ1) is 10.2. The molecule has 1 heterocycles. The molecule has 5 nitrogen and oxygen atoms in total. The largest absolute Gasteiger partial charge is 0.492 e. The number of fused-ring (bicyclic) bond motifs is 1. The van der Waals surface area contributed by atoms with Crippen LogP contribution in [-0.2, 0) is 6.54 Å². The first-order valence-electron chi connectivity index (χ1n) is 6.66. The summed E-state index contributed by atoms with van der Waals surface area (Å²) in [5.74, 6) is 0.400. The van der Waals surface area contributed by atoms with Crippen LogP contribution >= 0.6 is 0 Å². The maximum absolute atomic E-state index is 11.1. The Balaban J connectivity index is 1.71. The van der Waals surface area contributed by atoms with Gasteiger partial charge in [0.2, 0.25) is 5.91 Å². The average molecular weight is 281 g/mol. The van der Waals surface area contributed by atoms with Crippen molar-refractivity contribution in [3.8, 4) is 5.75 Å². The van der Waals surface area contributed by atoms with E-state index in [0.29, 0.717) is 18.7 Å². The number of hydrogen-bond donors (Lipinski definition) is 1. The van der Waals surface area contributed by atoms with E-state index in [4.69, 9.17) is 10.5 Å². The van der Waals surface area contributed by atoms with E-state index in [1.807, 2.05) is 41.0 Å². The first kappa shape index (κ1) is 13.2. The summed E-state index contributed by atoms with van der Waals surface area (Å²) >= 11 is 0. The summed E-state index contributed by atoms with van der Waals surface area (Å²) in [6.07, 6.45) is 1.74. The van der Waals surface area contributed by atoms with Crippen LogP contribution in [0.1, 0.15) is 10.4 Å². The molecular formula is C16H15N3O2. The second kappa shape index (κ2) is 5.66. The molecule has 0 unspecified atom stereocenters. The molecule has 0 fully saturated rings.